The van der Waals surface area contributed by atoms with Gasteiger partial charge in [0, 0.05) is 12.8 Å². The maximum absolute atomic E-state index is 11.9. The van der Waals surface area contributed by atoms with Gasteiger partial charge in [0.25, 0.3) is 0 Å². The number of allylic oxidation sites excluding steroid dienone is 4. The molecule has 4 nitrogen and oxygen atoms in total. The Kier molecular flexibility index (Phi) is 34.3. The second-order valence-electron chi connectivity index (χ2n) is 12.3. The molecule has 0 aromatic rings. The highest BCUT2D eigenvalue weighted by Crippen LogP contribution is 2.13. The van der Waals surface area contributed by atoms with E-state index in [1.807, 2.05) is 0 Å². The number of unbranched alkanes of at least 4 members (excludes halogenated alkanes) is 24. The molecule has 246 valence electrons. The quantitative estimate of drug-likeness (QED) is 0.0460. The van der Waals surface area contributed by atoms with Crippen molar-refractivity contribution in [1.29, 1.82) is 0 Å². The first kappa shape index (κ1) is 40.4. The summed E-state index contributed by atoms with van der Waals surface area (Å²) in [7, 11) is 0. The van der Waals surface area contributed by atoms with E-state index in [9.17, 15) is 9.59 Å². The lowest BCUT2D eigenvalue weighted by molar-refractivity contribution is -0.144. The van der Waals surface area contributed by atoms with Crippen LogP contribution in [0.3, 0.4) is 0 Å². The minimum atomic E-state index is -0.670. The summed E-state index contributed by atoms with van der Waals surface area (Å²) in [6.45, 7) is 2.86. The molecule has 0 saturated heterocycles. The van der Waals surface area contributed by atoms with Crippen LogP contribution in [-0.2, 0) is 14.3 Å². The van der Waals surface area contributed by atoms with Gasteiger partial charge in [-0.15, -0.1) is 0 Å². The molecule has 0 fully saturated rings. The zero-order chi connectivity index (χ0) is 30.6. The summed E-state index contributed by atoms with van der Waals surface area (Å²) in [5.41, 5.74) is 0. The van der Waals surface area contributed by atoms with Crippen LogP contribution < -0.4 is 0 Å². The molecule has 0 atom stereocenters. The predicted molar refractivity (Wildman–Crippen MR) is 181 cm³/mol. The summed E-state index contributed by atoms with van der Waals surface area (Å²) in [6.07, 6.45) is 44.7. The highest BCUT2D eigenvalue weighted by molar-refractivity contribution is 5.69. The van der Waals surface area contributed by atoms with E-state index in [-0.39, 0.29) is 5.97 Å². The third-order valence-electron chi connectivity index (χ3n) is 8.10. The van der Waals surface area contributed by atoms with E-state index in [0.717, 1.165) is 38.5 Å². The molecule has 0 saturated carbocycles. The van der Waals surface area contributed by atoms with Gasteiger partial charge in [-0.05, 0) is 70.6 Å². The molecule has 0 aromatic carbocycles. The lowest BCUT2D eigenvalue weighted by atomic mass is 10.1. The van der Waals surface area contributed by atoms with Gasteiger partial charge in [-0.25, -0.2) is 0 Å². The number of carbonyl (C=O) groups is 2. The van der Waals surface area contributed by atoms with Crippen LogP contribution in [0.15, 0.2) is 24.3 Å². The smallest absolute Gasteiger partial charge is 0.305 e. The number of carboxylic acids is 1. The Morgan fingerprint density at radius 3 is 1.19 bits per heavy atom. The fourth-order valence-corrected chi connectivity index (χ4v) is 5.33. The van der Waals surface area contributed by atoms with Gasteiger partial charge in [0.2, 0.25) is 0 Å². The molecule has 0 unspecified atom stereocenters. The van der Waals surface area contributed by atoms with Gasteiger partial charge in [0.05, 0.1) is 6.61 Å². The lowest BCUT2D eigenvalue weighted by Crippen LogP contribution is -2.05. The van der Waals surface area contributed by atoms with Gasteiger partial charge in [-0.1, -0.05) is 140 Å². The van der Waals surface area contributed by atoms with Crippen molar-refractivity contribution in [3.8, 4) is 0 Å². The molecular formula is C38H70O4. The maximum atomic E-state index is 11.9. The van der Waals surface area contributed by atoms with Crippen molar-refractivity contribution in [3.05, 3.63) is 24.3 Å². The minimum absolute atomic E-state index is 0.00857. The number of esters is 1. The first-order valence-electron chi connectivity index (χ1n) is 18.3. The summed E-state index contributed by atoms with van der Waals surface area (Å²) >= 11 is 0. The Balaban J connectivity index is 3.24. The first-order valence-corrected chi connectivity index (χ1v) is 18.3. The number of ether oxygens (including phenoxy) is 1. The van der Waals surface area contributed by atoms with Crippen LogP contribution in [0.4, 0.5) is 0 Å². The maximum Gasteiger partial charge on any atom is 0.305 e. The highest BCUT2D eigenvalue weighted by Gasteiger charge is 2.02. The van der Waals surface area contributed by atoms with E-state index in [2.05, 4.69) is 31.2 Å². The van der Waals surface area contributed by atoms with Crippen LogP contribution in [0, 0.1) is 0 Å². The normalized spacial score (nSPS) is 11.6. The van der Waals surface area contributed by atoms with E-state index < -0.39 is 5.97 Å². The Labute approximate surface area is 261 Å². The standard InChI is InChI=1S/C38H70O4/c1-2-3-4-5-6-7-8-9-13-17-20-23-26-29-32-35-38(41)42-36-33-30-27-24-21-18-15-12-10-11-14-16-19-22-25-28-31-34-37(39)40/h9,12-13,15H,2-8,10-11,14,16-36H2,1H3,(H,39,40). The molecule has 0 spiro atoms. The van der Waals surface area contributed by atoms with Gasteiger partial charge in [0.1, 0.15) is 0 Å². The first-order chi connectivity index (χ1) is 20.7. The van der Waals surface area contributed by atoms with Crippen molar-refractivity contribution >= 4 is 11.9 Å². The van der Waals surface area contributed by atoms with Gasteiger partial charge in [-0.3, -0.25) is 9.59 Å². The Bertz CT molecular complexity index is 625. The average molecular weight is 591 g/mol. The molecule has 0 aliphatic carbocycles. The molecule has 0 amide bonds. The molecule has 0 bridgehead atoms. The van der Waals surface area contributed by atoms with Crippen molar-refractivity contribution < 1.29 is 19.4 Å². The van der Waals surface area contributed by atoms with Crippen molar-refractivity contribution in [2.45, 2.75) is 200 Å². The molecule has 0 radical (unpaired) electrons. The van der Waals surface area contributed by atoms with E-state index in [4.69, 9.17) is 9.84 Å². The number of rotatable bonds is 34. The fraction of sp³-hybridized carbons (Fsp3) is 0.842. The molecule has 0 aliphatic heterocycles. The molecular weight excluding hydrogens is 520 g/mol. The van der Waals surface area contributed by atoms with E-state index in [1.165, 1.54) is 141 Å². The number of hydrogen-bond donors (Lipinski definition) is 1. The largest absolute Gasteiger partial charge is 0.481 e. The lowest BCUT2D eigenvalue weighted by Gasteiger charge is -2.05. The molecule has 42 heavy (non-hydrogen) atoms. The fourth-order valence-electron chi connectivity index (χ4n) is 5.33. The summed E-state index contributed by atoms with van der Waals surface area (Å²) in [4.78, 5) is 22.4. The van der Waals surface area contributed by atoms with Gasteiger partial charge >= 0.3 is 11.9 Å². The Morgan fingerprint density at radius 2 is 0.786 bits per heavy atom. The zero-order valence-electron chi connectivity index (χ0n) is 27.9. The zero-order valence-corrected chi connectivity index (χ0v) is 27.9. The number of hydrogen-bond acceptors (Lipinski definition) is 3. The van der Waals surface area contributed by atoms with Gasteiger partial charge in [0.15, 0.2) is 0 Å². The third kappa shape index (κ3) is 36.4. The molecule has 0 heterocycles. The molecule has 0 aromatic heterocycles. The summed E-state index contributed by atoms with van der Waals surface area (Å²) in [6, 6.07) is 0. The third-order valence-corrected chi connectivity index (χ3v) is 8.10. The van der Waals surface area contributed by atoms with Crippen LogP contribution in [0.2, 0.25) is 0 Å². The number of carbonyl (C=O) groups excluding carboxylic acids is 1. The van der Waals surface area contributed by atoms with Crippen molar-refractivity contribution in [2.75, 3.05) is 6.61 Å². The number of aliphatic carboxylic acids is 1. The van der Waals surface area contributed by atoms with Crippen molar-refractivity contribution in [1.82, 2.24) is 0 Å². The van der Waals surface area contributed by atoms with Crippen LogP contribution in [0.25, 0.3) is 0 Å². The minimum Gasteiger partial charge on any atom is -0.481 e. The van der Waals surface area contributed by atoms with E-state index in [1.54, 1.807) is 0 Å². The summed E-state index contributed by atoms with van der Waals surface area (Å²) < 4.78 is 5.42. The second kappa shape index (κ2) is 35.6. The highest BCUT2D eigenvalue weighted by atomic mass is 16.5. The SMILES string of the molecule is CCCCCCCCC=CCCCCCCCC(=O)OCCCCCCCC=CCCCCCCCCCCC(=O)O. The topological polar surface area (TPSA) is 63.6 Å². The number of carboxylic acid groups (broad SMARTS) is 1. The Hall–Kier alpha value is -1.58. The van der Waals surface area contributed by atoms with Crippen molar-refractivity contribution in [2.24, 2.45) is 0 Å². The van der Waals surface area contributed by atoms with Crippen LogP contribution in [-0.4, -0.2) is 23.7 Å². The predicted octanol–water partition coefficient (Wildman–Crippen LogP) is 12.4. The monoisotopic (exact) mass is 591 g/mol. The van der Waals surface area contributed by atoms with Gasteiger partial charge < -0.3 is 9.84 Å². The van der Waals surface area contributed by atoms with Crippen molar-refractivity contribution in [3.63, 3.8) is 0 Å². The van der Waals surface area contributed by atoms with Crippen LogP contribution >= 0.6 is 0 Å². The Morgan fingerprint density at radius 1 is 0.452 bits per heavy atom. The van der Waals surface area contributed by atoms with Crippen LogP contribution in [0.5, 0.6) is 0 Å². The molecule has 4 heteroatoms. The van der Waals surface area contributed by atoms with E-state index in [0.29, 0.717) is 19.4 Å². The summed E-state index contributed by atoms with van der Waals surface area (Å²) in [5.74, 6) is -0.678. The van der Waals surface area contributed by atoms with Gasteiger partial charge in [-0.2, -0.15) is 0 Å². The second-order valence-corrected chi connectivity index (χ2v) is 12.3. The van der Waals surface area contributed by atoms with Crippen LogP contribution in [0.1, 0.15) is 200 Å². The van der Waals surface area contributed by atoms with E-state index >= 15 is 0 Å². The molecule has 0 aliphatic rings. The average Bonchev–Trinajstić information content (AvgIpc) is 2.98. The summed E-state index contributed by atoms with van der Waals surface area (Å²) in [5, 5.41) is 8.63. The molecule has 1 N–H and O–H groups in total. The molecule has 0 rings (SSSR count).